The van der Waals surface area contributed by atoms with E-state index in [2.05, 4.69) is 21.4 Å². The van der Waals surface area contributed by atoms with Gasteiger partial charge in [-0.25, -0.2) is 4.39 Å². The third-order valence-electron chi connectivity index (χ3n) is 2.18. The van der Waals surface area contributed by atoms with E-state index in [1.807, 2.05) is 18.2 Å². The van der Waals surface area contributed by atoms with Crippen molar-refractivity contribution in [2.45, 2.75) is 5.92 Å². The topological polar surface area (TPSA) is 0 Å². The minimum absolute atomic E-state index is 0.181. The van der Waals surface area contributed by atoms with Crippen LogP contribution in [0, 0.1) is 5.82 Å². The second-order valence-electron chi connectivity index (χ2n) is 3.08. The lowest BCUT2D eigenvalue weighted by atomic mass is 10.0. The predicted molar refractivity (Wildman–Crippen MR) is 56.1 cm³/mol. The summed E-state index contributed by atoms with van der Waals surface area (Å²) < 4.78 is 12.6. The van der Waals surface area contributed by atoms with E-state index in [4.69, 9.17) is 0 Å². The Morgan fingerprint density at radius 2 is 1.85 bits per heavy atom. The van der Waals surface area contributed by atoms with Gasteiger partial charge in [-0.1, -0.05) is 30.4 Å². The normalized spacial score (nSPS) is 20.5. The third kappa shape index (κ3) is 1.71. The minimum Gasteiger partial charge on any atom is -0.207 e. The fourth-order valence-electron chi connectivity index (χ4n) is 1.47. The molecule has 0 spiro atoms. The molecule has 0 fully saturated rings. The molecule has 0 aromatic heterocycles. The van der Waals surface area contributed by atoms with Crippen molar-refractivity contribution in [3.05, 3.63) is 59.2 Å². The van der Waals surface area contributed by atoms with Gasteiger partial charge in [0.2, 0.25) is 0 Å². The van der Waals surface area contributed by atoms with Gasteiger partial charge in [-0.3, -0.25) is 0 Å². The van der Waals surface area contributed by atoms with Gasteiger partial charge in [0.05, 0.1) is 0 Å². The Morgan fingerprint density at radius 3 is 2.38 bits per heavy atom. The summed E-state index contributed by atoms with van der Waals surface area (Å²) in [4.78, 5) is 0. The van der Waals surface area contributed by atoms with Crippen molar-refractivity contribution in [3.63, 3.8) is 0 Å². The highest BCUT2D eigenvalue weighted by molar-refractivity contribution is 7.22. The van der Waals surface area contributed by atoms with Crippen LogP contribution < -0.4 is 0 Å². The summed E-state index contributed by atoms with van der Waals surface area (Å²) in [5, 5.41) is 1.23. The molecule has 0 heterocycles. The number of benzene rings is 1. The van der Waals surface area contributed by atoms with Gasteiger partial charge >= 0.3 is 0 Å². The first-order chi connectivity index (χ1) is 6.27. The van der Waals surface area contributed by atoms with Crippen molar-refractivity contribution in [2.75, 3.05) is 0 Å². The Labute approximate surface area is 79.4 Å². The van der Waals surface area contributed by atoms with Crippen LogP contribution in [0.3, 0.4) is 0 Å². The van der Waals surface area contributed by atoms with Crippen LogP contribution in [0.15, 0.2) is 47.8 Å². The average Bonchev–Trinajstić information content (AvgIpc) is 2.53. The van der Waals surface area contributed by atoms with Crippen molar-refractivity contribution < 1.29 is 4.39 Å². The molecule has 2 atom stereocenters. The second kappa shape index (κ2) is 3.43. The Morgan fingerprint density at radius 1 is 1.15 bits per heavy atom. The van der Waals surface area contributed by atoms with Gasteiger partial charge in [0, 0.05) is 5.92 Å². The van der Waals surface area contributed by atoms with E-state index in [1.54, 1.807) is 0 Å². The summed E-state index contributed by atoms with van der Waals surface area (Å²) >= 11 is 0. The highest BCUT2D eigenvalue weighted by Crippen LogP contribution is 2.33. The van der Waals surface area contributed by atoms with E-state index >= 15 is 0 Å². The van der Waals surface area contributed by atoms with Crippen LogP contribution in [-0.2, 0) is 0 Å². The first-order valence-corrected chi connectivity index (χ1v) is 4.74. The molecule has 0 nitrogen and oxygen atoms in total. The standard InChI is InChI=1S/C11H10FP/c12-9-6-4-8(5-7-9)10-2-1-3-11(10)13/h1-7,10H,13H2. The van der Waals surface area contributed by atoms with E-state index in [1.165, 1.54) is 17.4 Å². The van der Waals surface area contributed by atoms with Crippen LogP contribution in [0.5, 0.6) is 0 Å². The highest BCUT2D eigenvalue weighted by atomic mass is 31.0. The quantitative estimate of drug-likeness (QED) is 0.599. The molecular formula is C11H10FP. The summed E-state index contributed by atoms with van der Waals surface area (Å²) in [6.07, 6.45) is 6.19. The van der Waals surface area contributed by atoms with Crippen molar-refractivity contribution in [1.82, 2.24) is 0 Å². The second-order valence-corrected chi connectivity index (χ2v) is 3.75. The maximum Gasteiger partial charge on any atom is 0.123 e. The summed E-state index contributed by atoms with van der Waals surface area (Å²) in [5.74, 6) is 0.130. The smallest absolute Gasteiger partial charge is 0.123 e. The zero-order valence-corrected chi connectivity index (χ0v) is 8.23. The SMILES string of the molecule is Fc1ccc(C2C=CC=C2P)cc1. The maximum atomic E-state index is 12.6. The van der Waals surface area contributed by atoms with Crippen molar-refractivity contribution in [3.8, 4) is 0 Å². The molecule has 0 radical (unpaired) electrons. The molecule has 1 aliphatic rings. The predicted octanol–water partition coefficient (Wildman–Crippen LogP) is 3.24. The van der Waals surface area contributed by atoms with Crippen LogP contribution in [0.1, 0.15) is 11.5 Å². The Kier molecular flexibility index (Phi) is 2.28. The van der Waals surface area contributed by atoms with Gasteiger partial charge in [0.1, 0.15) is 5.82 Å². The first-order valence-electron chi connectivity index (χ1n) is 4.17. The van der Waals surface area contributed by atoms with Crippen molar-refractivity contribution in [1.29, 1.82) is 0 Å². The van der Waals surface area contributed by atoms with Crippen LogP contribution >= 0.6 is 9.24 Å². The number of hydrogen-bond acceptors (Lipinski definition) is 0. The number of halogens is 1. The zero-order valence-electron chi connectivity index (χ0n) is 7.07. The van der Waals surface area contributed by atoms with E-state index in [0.717, 1.165) is 5.56 Å². The van der Waals surface area contributed by atoms with Crippen LogP contribution in [-0.4, -0.2) is 0 Å². The van der Waals surface area contributed by atoms with Crippen molar-refractivity contribution >= 4 is 9.24 Å². The molecule has 2 heteroatoms. The fourth-order valence-corrected chi connectivity index (χ4v) is 1.88. The molecule has 1 aliphatic carbocycles. The zero-order chi connectivity index (χ0) is 9.26. The van der Waals surface area contributed by atoms with E-state index < -0.39 is 0 Å². The molecule has 1 aromatic carbocycles. The first kappa shape index (κ1) is 8.65. The van der Waals surface area contributed by atoms with E-state index in [9.17, 15) is 4.39 Å². The molecule has 0 bridgehead atoms. The molecule has 13 heavy (non-hydrogen) atoms. The highest BCUT2D eigenvalue weighted by Gasteiger charge is 2.12. The molecule has 0 aliphatic heterocycles. The van der Waals surface area contributed by atoms with Crippen molar-refractivity contribution in [2.24, 2.45) is 0 Å². The Hall–Kier alpha value is -0.940. The molecule has 0 saturated heterocycles. The lowest BCUT2D eigenvalue weighted by Crippen LogP contribution is -1.91. The molecule has 1 aromatic rings. The minimum atomic E-state index is -0.181. The van der Waals surface area contributed by atoms with Gasteiger partial charge in [0.15, 0.2) is 0 Å². The summed E-state index contributed by atoms with van der Waals surface area (Å²) in [5.41, 5.74) is 1.14. The lowest BCUT2D eigenvalue weighted by Gasteiger charge is -2.09. The van der Waals surface area contributed by atoms with E-state index in [-0.39, 0.29) is 5.82 Å². The van der Waals surface area contributed by atoms with Gasteiger partial charge in [0.25, 0.3) is 0 Å². The van der Waals surface area contributed by atoms with E-state index in [0.29, 0.717) is 5.92 Å². The van der Waals surface area contributed by atoms with Gasteiger partial charge in [-0.05, 0) is 23.0 Å². The molecule has 66 valence electrons. The average molecular weight is 192 g/mol. The number of allylic oxidation sites excluding steroid dienone is 4. The maximum absolute atomic E-state index is 12.6. The largest absolute Gasteiger partial charge is 0.207 e. The van der Waals surface area contributed by atoms with Gasteiger partial charge in [-0.15, -0.1) is 9.24 Å². The molecule has 2 rings (SSSR count). The van der Waals surface area contributed by atoms with Crippen LogP contribution in [0.25, 0.3) is 0 Å². The Balaban J connectivity index is 2.31. The summed E-state index contributed by atoms with van der Waals surface area (Å²) in [6.45, 7) is 0. The molecule has 2 unspecified atom stereocenters. The molecule has 0 N–H and O–H groups in total. The number of rotatable bonds is 1. The lowest BCUT2D eigenvalue weighted by molar-refractivity contribution is 0.627. The number of hydrogen-bond donors (Lipinski definition) is 0. The molecular weight excluding hydrogens is 182 g/mol. The van der Waals surface area contributed by atoms with Crippen LogP contribution in [0.4, 0.5) is 4.39 Å². The third-order valence-corrected chi connectivity index (χ3v) is 2.73. The van der Waals surface area contributed by atoms with Gasteiger partial charge in [-0.2, -0.15) is 0 Å². The summed E-state index contributed by atoms with van der Waals surface area (Å²) in [6, 6.07) is 6.65. The monoisotopic (exact) mass is 192 g/mol. The van der Waals surface area contributed by atoms with Crippen LogP contribution in [0.2, 0.25) is 0 Å². The summed E-state index contributed by atoms with van der Waals surface area (Å²) in [7, 11) is 2.70. The molecule has 0 amide bonds. The van der Waals surface area contributed by atoms with Gasteiger partial charge < -0.3 is 0 Å². The Bertz CT molecular complexity index is 362. The fraction of sp³-hybridized carbons (Fsp3) is 0.0909. The molecule has 0 saturated carbocycles.